The van der Waals surface area contributed by atoms with E-state index in [1.165, 1.54) is 64.2 Å². The lowest BCUT2D eigenvalue weighted by Crippen LogP contribution is -2.32. The molecule has 0 saturated heterocycles. The first-order chi connectivity index (χ1) is 11.3. The summed E-state index contributed by atoms with van der Waals surface area (Å²) in [5.74, 6) is 0.274. The molecule has 0 fully saturated rings. The lowest BCUT2D eigenvalue weighted by Gasteiger charge is -2.21. The fourth-order valence-electron chi connectivity index (χ4n) is 2.99. The number of nitrogens with zero attached hydrogens (tertiary/aromatic N) is 1. The van der Waals surface area contributed by atoms with E-state index in [1.807, 2.05) is 4.90 Å². The predicted molar refractivity (Wildman–Crippen MR) is 99.7 cm³/mol. The van der Waals surface area contributed by atoms with Crippen LogP contribution in [0.3, 0.4) is 0 Å². The molecular formula is C20H41NO2. The molecule has 3 heteroatoms. The van der Waals surface area contributed by atoms with Gasteiger partial charge in [-0.25, -0.2) is 0 Å². The van der Waals surface area contributed by atoms with Crippen LogP contribution in [-0.4, -0.2) is 35.6 Å². The number of carbonyl (C=O) groups excluding carboxylic acids is 1. The van der Waals surface area contributed by atoms with Crippen molar-refractivity contribution >= 4 is 5.91 Å². The van der Waals surface area contributed by atoms with Crippen LogP contribution < -0.4 is 0 Å². The van der Waals surface area contributed by atoms with Crippen molar-refractivity contribution in [1.29, 1.82) is 0 Å². The third-order valence-corrected chi connectivity index (χ3v) is 4.43. The smallest absolute Gasteiger partial charge is 0.222 e. The van der Waals surface area contributed by atoms with Crippen molar-refractivity contribution in [1.82, 2.24) is 4.90 Å². The summed E-state index contributed by atoms with van der Waals surface area (Å²) in [7, 11) is 0. The zero-order chi connectivity index (χ0) is 17.2. The highest BCUT2D eigenvalue weighted by molar-refractivity contribution is 5.76. The average Bonchev–Trinajstić information content (AvgIpc) is 2.56. The minimum absolute atomic E-state index is 0.173. The second kappa shape index (κ2) is 17.8. The first kappa shape index (κ1) is 22.4. The summed E-state index contributed by atoms with van der Waals surface area (Å²) in [6.45, 7) is 6.07. The monoisotopic (exact) mass is 327 g/mol. The summed E-state index contributed by atoms with van der Waals surface area (Å²) in [5, 5.41) is 8.90. The summed E-state index contributed by atoms with van der Waals surface area (Å²) >= 11 is 0. The van der Waals surface area contributed by atoms with Crippen LogP contribution in [-0.2, 0) is 4.79 Å². The Bertz CT molecular complexity index is 256. The first-order valence-electron chi connectivity index (χ1n) is 10.1. The quantitative estimate of drug-likeness (QED) is 0.368. The van der Waals surface area contributed by atoms with Gasteiger partial charge in [-0.05, 0) is 19.3 Å². The highest BCUT2D eigenvalue weighted by Gasteiger charge is 2.11. The SMILES string of the molecule is CCCCCCCCCCCCCC(=O)N(CCC)CCCO. The van der Waals surface area contributed by atoms with Crippen molar-refractivity contribution < 1.29 is 9.90 Å². The first-order valence-corrected chi connectivity index (χ1v) is 10.1. The van der Waals surface area contributed by atoms with Gasteiger partial charge in [0.1, 0.15) is 0 Å². The summed E-state index contributed by atoms with van der Waals surface area (Å²) in [4.78, 5) is 14.1. The third-order valence-electron chi connectivity index (χ3n) is 4.43. The molecule has 0 rings (SSSR count). The van der Waals surface area contributed by atoms with Gasteiger partial charge in [0.2, 0.25) is 5.91 Å². The lowest BCUT2D eigenvalue weighted by molar-refractivity contribution is -0.131. The van der Waals surface area contributed by atoms with Crippen LogP contribution in [0.25, 0.3) is 0 Å². The Morgan fingerprint density at radius 1 is 0.696 bits per heavy atom. The molecule has 0 aliphatic heterocycles. The predicted octanol–water partition coefficient (Wildman–Crippen LogP) is 5.31. The van der Waals surface area contributed by atoms with Crippen LogP contribution in [0.2, 0.25) is 0 Å². The van der Waals surface area contributed by atoms with Gasteiger partial charge in [0.15, 0.2) is 0 Å². The Hall–Kier alpha value is -0.570. The average molecular weight is 328 g/mol. The lowest BCUT2D eigenvalue weighted by atomic mass is 10.1. The molecule has 0 aliphatic carbocycles. The fraction of sp³-hybridized carbons (Fsp3) is 0.950. The maximum Gasteiger partial charge on any atom is 0.222 e. The second-order valence-corrected chi connectivity index (χ2v) is 6.74. The Kier molecular flexibility index (Phi) is 17.3. The highest BCUT2D eigenvalue weighted by Crippen LogP contribution is 2.12. The number of rotatable bonds is 17. The maximum atomic E-state index is 12.1. The zero-order valence-electron chi connectivity index (χ0n) is 15.8. The van der Waals surface area contributed by atoms with Gasteiger partial charge >= 0.3 is 0 Å². The van der Waals surface area contributed by atoms with Crippen molar-refractivity contribution in [2.45, 2.75) is 104 Å². The molecule has 0 spiro atoms. The van der Waals surface area contributed by atoms with E-state index in [4.69, 9.17) is 5.11 Å². The molecule has 0 atom stereocenters. The Morgan fingerprint density at radius 3 is 1.70 bits per heavy atom. The largest absolute Gasteiger partial charge is 0.396 e. The number of amides is 1. The van der Waals surface area contributed by atoms with E-state index in [-0.39, 0.29) is 12.5 Å². The van der Waals surface area contributed by atoms with Gasteiger partial charge in [-0.1, -0.05) is 78.1 Å². The topological polar surface area (TPSA) is 40.5 Å². The van der Waals surface area contributed by atoms with E-state index >= 15 is 0 Å². The summed E-state index contributed by atoms with van der Waals surface area (Å²) in [5.41, 5.74) is 0. The van der Waals surface area contributed by atoms with Crippen molar-refractivity contribution in [3.8, 4) is 0 Å². The van der Waals surface area contributed by atoms with E-state index in [0.717, 1.165) is 19.4 Å². The second-order valence-electron chi connectivity index (χ2n) is 6.74. The van der Waals surface area contributed by atoms with Crippen molar-refractivity contribution in [3.63, 3.8) is 0 Å². The number of hydrogen-bond acceptors (Lipinski definition) is 2. The number of hydrogen-bond donors (Lipinski definition) is 1. The van der Waals surface area contributed by atoms with Crippen molar-refractivity contribution in [2.75, 3.05) is 19.7 Å². The molecule has 0 aromatic heterocycles. The van der Waals surface area contributed by atoms with Crippen molar-refractivity contribution in [3.05, 3.63) is 0 Å². The van der Waals surface area contributed by atoms with Gasteiger partial charge in [0, 0.05) is 26.1 Å². The normalized spacial score (nSPS) is 10.9. The van der Waals surface area contributed by atoms with Gasteiger partial charge in [0.05, 0.1) is 0 Å². The molecule has 1 N–H and O–H groups in total. The third kappa shape index (κ3) is 14.7. The van der Waals surface area contributed by atoms with E-state index in [0.29, 0.717) is 19.4 Å². The summed E-state index contributed by atoms with van der Waals surface area (Å²) in [6, 6.07) is 0. The Labute approximate surface area is 144 Å². The van der Waals surface area contributed by atoms with Crippen LogP contribution in [0, 0.1) is 0 Å². The van der Waals surface area contributed by atoms with E-state index in [1.54, 1.807) is 0 Å². The van der Waals surface area contributed by atoms with Gasteiger partial charge in [-0.2, -0.15) is 0 Å². The summed E-state index contributed by atoms with van der Waals surface area (Å²) in [6.07, 6.45) is 16.8. The molecule has 0 aliphatic rings. The molecule has 0 bridgehead atoms. The molecule has 0 aromatic carbocycles. The molecule has 0 saturated carbocycles. The minimum atomic E-state index is 0.173. The maximum absolute atomic E-state index is 12.1. The molecule has 23 heavy (non-hydrogen) atoms. The Balaban J connectivity index is 3.46. The number of aliphatic hydroxyl groups excluding tert-OH is 1. The van der Waals surface area contributed by atoms with Crippen molar-refractivity contribution in [2.24, 2.45) is 0 Å². The minimum Gasteiger partial charge on any atom is -0.396 e. The van der Waals surface area contributed by atoms with Crippen LogP contribution in [0.1, 0.15) is 104 Å². The van der Waals surface area contributed by atoms with Crippen LogP contribution in [0.4, 0.5) is 0 Å². The van der Waals surface area contributed by atoms with Gasteiger partial charge in [0.25, 0.3) is 0 Å². The number of unbranched alkanes of at least 4 members (excludes halogenated alkanes) is 10. The standard InChI is InChI=1S/C20H41NO2/c1-3-5-6-7-8-9-10-11-12-13-14-16-20(23)21(17-4-2)18-15-19-22/h22H,3-19H2,1-2H3. The number of carbonyl (C=O) groups is 1. The van der Waals surface area contributed by atoms with Gasteiger partial charge in [-0.15, -0.1) is 0 Å². The molecule has 138 valence electrons. The van der Waals surface area contributed by atoms with E-state index in [2.05, 4.69) is 13.8 Å². The molecule has 1 amide bonds. The molecule has 0 radical (unpaired) electrons. The molecule has 0 heterocycles. The molecular weight excluding hydrogens is 286 g/mol. The molecule has 0 unspecified atom stereocenters. The van der Waals surface area contributed by atoms with E-state index in [9.17, 15) is 4.79 Å². The van der Waals surface area contributed by atoms with Crippen LogP contribution >= 0.6 is 0 Å². The summed E-state index contributed by atoms with van der Waals surface area (Å²) < 4.78 is 0. The van der Waals surface area contributed by atoms with Gasteiger partial charge in [-0.3, -0.25) is 4.79 Å². The number of aliphatic hydroxyl groups is 1. The van der Waals surface area contributed by atoms with Crippen LogP contribution in [0.15, 0.2) is 0 Å². The van der Waals surface area contributed by atoms with Crippen LogP contribution in [0.5, 0.6) is 0 Å². The Morgan fingerprint density at radius 2 is 1.22 bits per heavy atom. The zero-order valence-corrected chi connectivity index (χ0v) is 15.8. The fourth-order valence-corrected chi connectivity index (χ4v) is 2.99. The highest BCUT2D eigenvalue weighted by atomic mass is 16.3. The van der Waals surface area contributed by atoms with E-state index < -0.39 is 0 Å². The van der Waals surface area contributed by atoms with Gasteiger partial charge < -0.3 is 10.0 Å². The molecule has 3 nitrogen and oxygen atoms in total. The molecule has 0 aromatic rings.